The van der Waals surface area contributed by atoms with E-state index in [-0.39, 0.29) is 0 Å². The molecular formula is C13H14N4O2. The molecule has 0 aliphatic carbocycles. The molecular weight excluding hydrogens is 244 g/mol. The third kappa shape index (κ3) is 3.39. The van der Waals surface area contributed by atoms with Crippen LogP contribution in [0, 0.1) is 11.3 Å². The number of anilines is 1. The normalized spacial score (nSPS) is 9.89. The van der Waals surface area contributed by atoms with Gasteiger partial charge in [-0.2, -0.15) is 10.4 Å². The minimum absolute atomic E-state index is 0.430. The van der Waals surface area contributed by atoms with Crippen LogP contribution in [-0.2, 0) is 6.54 Å². The van der Waals surface area contributed by atoms with Crippen LogP contribution in [0.5, 0.6) is 11.5 Å². The van der Waals surface area contributed by atoms with Crippen LogP contribution in [0.3, 0.4) is 0 Å². The van der Waals surface area contributed by atoms with E-state index in [0.29, 0.717) is 35.9 Å². The van der Waals surface area contributed by atoms with Crippen molar-refractivity contribution in [3.05, 3.63) is 36.2 Å². The predicted octanol–water partition coefficient (Wildman–Crippen LogP) is 1.42. The standard InChI is InChI=1S/C13H14N4O2/c1-18-12-4-10(7-14)5-13(6-12)19-3-2-17-9-11(15)8-16-17/h4-6,8-9H,2-3,15H2,1H3. The maximum atomic E-state index is 8.90. The SMILES string of the molecule is COc1cc(C#N)cc(OCCn2cc(N)cn2)c1. The number of hydrogen-bond donors (Lipinski definition) is 1. The second kappa shape index (κ2) is 5.78. The fraction of sp³-hybridized carbons (Fsp3) is 0.231. The van der Waals surface area contributed by atoms with Crippen molar-refractivity contribution in [1.82, 2.24) is 9.78 Å². The Labute approximate surface area is 111 Å². The molecule has 0 saturated carbocycles. The van der Waals surface area contributed by atoms with Crippen molar-refractivity contribution in [1.29, 1.82) is 5.26 Å². The number of aromatic nitrogens is 2. The number of hydrogen-bond acceptors (Lipinski definition) is 5. The summed E-state index contributed by atoms with van der Waals surface area (Å²) in [6.07, 6.45) is 3.31. The summed E-state index contributed by atoms with van der Waals surface area (Å²) in [6.45, 7) is 1.01. The zero-order chi connectivity index (χ0) is 13.7. The van der Waals surface area contributed by atoms with Gasteiger partial charge in [0.2, 0.25) is 0 Å². The van der Waals surface area contributed by atoms with Gasteiger partial charge in [-0.15, -0.1) is 0 Å². The topological polar surface area (TPSA) is 86.1 Å². The number of ether oxygens (including phenoxy) is 2. The molecule has 1 aromatic carbocycles. The average molecular weight is 258 g/mol. The maximum Gasteiger partial charge on any atom is 0.124 e. The largest absolute Gasteiger partial charge is 0.497 e. The molecule has 1 aromatic heterocycles. The molecule has 98 valence electrons. The lowest BCUT2D eigenvalue weighted by Gasteiger charge is -2.08. The number of nitriles is 1. The van der Waals surface area contributed by atoms with Crippen LogP contribution in [0.2, 0.25) is 0 Å². The fourth-order valence-corrected chi connectivity index (χ4v) is 1.60. The van der Waals surface area contributed by atoms with Crippen LogP contribution in [0.15, 0.2) is 30.6 Å². The average Bonchev–Trinajstić information content (AvgIpc) is 2.84. The molecule has 6 heteroatoms. The van der Waals surface area contributed by atoms with Crippen molar-refractivity contribution in [3.8, 4) is 17.6 Å². The number of nitrogen functional groups attached to an aromatic ring is 1. The fourth-order valence-electron chi connectivity index (χ4n) is 1.60. The summed E-state index contributed by atoms with van der Waals surface area (Å²) < 4.78 is 12.4. The van der Waals surface area contributed by atoms with E-state index in [4.69, 9.17) is 20.5 Å². The van der Waals surface area contributed by atoms with Gasteiger partial charge in [-0.1, -0.05) is 0 Å². The van der Waals surface area contributed by atoms with E-state index < -0.39 is 0 Å². The van der Waals surface area contributed by atoms with Gasteiger partial charge < -0.3 is 15.2 Å². The Morgan fingerprint density at radius 3 is 2.79 bits per heavy atom. The van der Waals surface area contributed by atoms with Gasteiger partial charge in [-0.3, -0.25) is 4.68 Å². The monoisotopic (exact) mass is 258 g/mol. The van der Waals surface area contributed by atoms with Crippen molar-refractivity contribution in [2.24, 2.45) is 0 Å². The zero-order valence-electron chi connectivity index (χ0n) is 10.5. The first kappa shape index (κ1) is 12.8. The highest BCUT2D eigenvalue weighted by molar-refractivity contribution is 5.43. The minimum atomic E-state index is 0.430. The summed E-state index contributed by atoms with van der Waals surface area (Å²) in [5.74, 6) is 1.19. The van der Waals surface area contributed by atoms with Gasteiger partial charge in [0.25, 0.3) is 0 Å². The van der Waals surface area contributed by atoms with Crippen LogP contribution in [0.4, 0.5) is 5.69 Å². The lowest BCUT2D eigenvalue weighted by molar-refractivity contribution is 0.289. The van der Waals surface area contributed by atoms with Gasteiger partial charge in [0, 0.05) is 12.3 Å². The molecule has 0 bridgehead atoms. The summed E-state index contributed by atoms with van der Waals surface area (Å²) in [7, 11) is 1.55. The molecule has 0 amide bonds. The highest BCUT2D eigenvalue weighted by Crippen LogP contribution is 2.22. The third-order valence-electron chi connectivity index (χ3n) is 2.49. The Hall–Kier alpha value is -2.68. The predicted molar refractivity (Wildman–Crippen MR) is 69.8 cm³/mol. The summed E-state index contributed by atoms with van der Waals surface area (Å²) in [6, 6.07) is 7.11. The molecule has 2 aromatic rings. The number of nitrogens with zero attached hydrogens (tertiary/aromatic N) is 3. The maximum absolute atomic E-state index is 8.90. The Kier molecular flexibility index (Phi) is 3.88. The van der Waals surface area contributed by atoms with Crippen molar-refractivity contribution in [3.63, 3.8) is 0 Å². The number of benzene rings is 1. The van der Waals surface area contributed by atoms with Crippen LogP contribution in [-0.4, -0.2) is 23.5 Å². The molecule has 0 aliphatic heterocycles. The lowest BCUT2D eigenvalue weighted by Crippen LogP contribution is -2.08. The Morgan fingerprint density at radius 1 is 1.37 bits per heavy atom. The van der Waals surface area contributed by atoms with E-state index in [0.717, 1.165) is 0 Å². The van der Waals surface area contributed by atoms with Gasteiger partial charge in [0.05, 0.1) is 37.2 Å². The molecule has 0 unspecified atom stereocenters. The lowest BCUT2D eigenvalue weighted by atomic mass is 10.2. The number of methoxy groups -OCH3 is 1. The molecule has 0 atom stereocenters. The van der Waals surface area contributed by atoms with Gasteiger partial charge >= 0.3 is 0 Å². The first-order valence-corrected chi connectivity index (χ1v) is 5.71. The summed E-state index contributed by atoms with van der Waals surface area (Å²) in [4.78, 5) is 0. The van der Waals surface area contributed by atoms with E-state index in [1.54, 1.807) is 42.4 Å². The Bertz CT molecular complexity index is 601. The smallest absolute Gasteiger partial charge is 0.124 e. The molecule has 19 heavy (non-hydrogen) atoms. The van der Waals surface area contributed by atoms with Crippen molar-refractivity contribution in [2.75, 3.05) is 19.5 Å². The van der Waals surface area contributed by atoms with Crippen molar-refractivity contribution >= 4 is 5.69 Å². The molecule has 0 aliphatic rings. The molecule has 0 radical (unpaired) electrons. The van der Waals surface area contributed by atoms with Gasteiger partial charge in [-0.25, -0.2) is 0 Å². The van der Waals surface area contributed by atoms with Crippen molar-refractivity contribution in [2.45, 2.75) is 6.54 Å². The highest BCUT2D eigenvalue weighted by Gasteiger charge is 2.02. The Morgan fingerprint density at radius 2 is 2.16 bits per heavy atom. The second-order valence-corrected chi connectivity index (χ2v) is 3.89. The summed E-state index contributed by atoms with van der Waals surface area (Å²) in [5, 5.41) is 12.9. The molecule has 0 saturated heterocycles. The molecule has 0 fully saturated rings. The van der Waals surface area contributed by atoms with Gasteiger partial charge in [0.15, 0.2) is 0 Å². The molecule has 6 nitrogen and oxygen atoms in total. The Balaban J connectivity index is 1.97. The molecule has 2 N–H and O–H groups in total. The van der Waals surface area contributed by atoms with E-state index in [1.165, 1.54) is 0 Å². The van der Waals surface area contributed by atoms with Crippen LogP contribution < -0.4 is 15.2 Å². The quantitative estimate of drug-likeness (QED) is 0.876. The highest BCUT2D eigenvalue weighted by atomic mass is 16.5. The van der Waals surface area contributed by atoms with E-state index in [9.17, 15) is 0 Å². The molecule has 0 spiro atoms. The van der Waals surface area contributed by atoms with Crippen LogP contribution in [0.25, 0.3) is 0 Å². The first-order chi connectivity index (χ1) is 9.21. The minimum Gasteiger partial charge on any atom is -0.497 e. The molecule has 1 heterocycles. The zero-order valence-corrected chi connectivity index (χ0v) is 10.5. The number of rotatable bonds is 5. The number of nitrogens with two attached hydrogens (primary N) is 1. The van der Waals surface area contributed by atoms with Gasteiger partial charge in [0.1, 0.15) is 18.1 Å². The van der Waals surface area contributed by atoms with Crippen LogP contribution >= 0.6 is 0 Å². The third-order valence-corrected chi connectivity index (χ3v) is 2.49. The first-order valence-electron chi connectivity index (χ1n) is 5.71. The second-order valence-electron chi connectivity index (χ2n) is 3.89. The van der Waals surface area contributed by atoms with E-state index in [1.807, 2.05) is 0 Å². The molecule has 2 rings (SSSR count). The van der Waals surface area contributed by atoms with Crippen LogP contribution in [0.1, 0.15) is 5.56 Å². The van der Waals surface area contributed by atoms with Crippen molar-refractivity contribution < 1.29 is 9.47 Å². The van der Waals surface area contributed by atoms with E-state index in [2.05, 4.69) is 11.2 Å². The van der Waals surface area contributed by atoms with Gasteiger partial charge in [-0.05, 0) is 12.1 Å². The van der Waals surface area contributed by atoms with E-state index >= 15 is 0 Å². The summed E-state index contributed by atoms with van der Waals surface area (Å²) in [5.41, 5.74) is 6.68. The summed E-state index contributed by atoms with van der Waals surface area (Å²) >= 11 is 0.